The van der Waals surface area contributed by atoms with E-state index < -0.39 is 0 Å². The number of methoxy groups -OCH3 is 2. The lowest BCUT2D eigenvalue weighted by atomic mass is 10.2. The topological polar surface area (TPSA) is 52.5 Å². The average Bonchev–Trinajstić information content (AvgIpc) is 2.93. The zero-order valence-electron chi connectivity index (χ0n) is 13.6. The summed E-state index contributed by atoms with van der Waals surface area (Å²) in [6.45, 7) is 0. The van der Waals surface area contributed by atoms with E-state index in [1.54, 1.807) is 44.6 Å². The maximum absolute atomic E-state index is 12.6. The largest absolute Gasteiger partial charge is 0.493 e. The number of hydrogen-bond donors (Lipinski definition) is 1. The van der Waals surface area contributed by atoms with Crippen LogP contribution in [0, 0.1) is 0 Å². The number of aryl methyl sites for hydroxylation is 1. The maximum Gasteiger partial charge on any atom is 0.272 e. The SMILES string of the molecule is COc1ccc(NC(=O)c2cc3c(Cl)cccc3n2C)cc1OC. The fourth-order valence-electron chi connectivity index (χ4n) is 2.65. The first-order valence-electron chi connectivity index (χ1n) is 7.32. The predicted molar refractivity (Wildman–Crippen MR) is 95.4 cm³/mol. The minimum atomic E-state index is -0.225. The van der Waals surface area contributed by atoms with E-state index in [0.717, 1.165) is 10.9 Å². The van der Waals surface area contributed by atoms with Crippen LogP contribution in [0.3, 0.4) is 0 Å². The van der Waals surface area contributed by atoms with E-state index >= 15 is 0 Å². The van der Waals surface area contributed by atoms with Crippen LogP contribution < -0.4 is 14.8 Å². The van der Waals surface area contributed by atoms with Gasteiger partial charge >= 0.3 is 0 Å². The molecule has 1 amide bonds. The molecule has 1 heterocycles. The van der Waals surface area contributed by atoms with Crippen LogP contribution in [0.15, 0.2) is 42.5 Å². The maximum atomic E-state index is 12.6. The first-order valence-corrected chi connectivity index (χ1v) is 7.70. The minimum absolute atomic E-state index is 0.225. The number of carbonyl (C=O) groups excluding carboxylic acids is 1. The van der Waals surface area contributed by atoms with Crippen LogP contribution in [0.5, 0.6) is 11.5 Å². The zero-order chi connectivity index (χ0) is 17.3. The molecular weight excluding hydrogens is 328 g/mol. The zero-order valence-corrected chi connectivity index (χ0v) is 14.3. The summed E-state index contributed by atoms with van der Waals surface area (Å²) < 4.78 is 12.3. The molecule has 2 aromatic carbocycles. The molecule has 1 N–H and O–H groups in total. The van der Waals surface area contributed by atoms with Gasteiger partial charge in [-0.3, -0.25) is 4.79 Å². The number of hydrogen-bond acceptors (Lipinski definition) is 3. The van der Waals surface area contributed by atoms with Crippen LogP contribution in [0.1, 0.15) is 10.5 Å². The lowest BCUT2D eigenvalue weighted by Gasteiger charge is -2.11. The molecule has 124 valence electrons. The van der Waals surface area contributed by atoms with Gasteiger partial charge in [0.1, 0.15) is 5.69 Å². The third-order valence-corrected chi connectivity index (χ3v) is 4.24. The second-order valence-electron chi connectivity index (χ2n) is 5.29. The number of carbonyl (C=O) groups is 1. The van der Waals surface area contributed by atoms with Gasteiger partial charge in [-0.25, -0.2) is 0 Å². The van der Waals surface area contributed by atoms with Gasteiger partial charge in [-0.2, -0.15) is 0 Å². The Hall–Kier alpha value is -2.66. The van der Waals surface area contributed by atoms with Gasteiger partial charge in [-0.05, 0) is 30.3 Å². The van der Waals surface area contributed by atoms with Gasteiger partial charge in [-0.15, -0.1) is 0 Å². The van der Waals surface area contributed by atoms with Crippen molar-refractivity contribution in [1.82, 2.24) is 4.57 Å². The molecule has 0 radical (unpaired) electrons. The summed E-state index contributed by atoms with van der Waals surface area (Å²) in [6.07, 6.45) is 0. The van der Waals surface area contributed by atoms with Gasteiger partial charge in [0.15, 0.2) is 11.5 Å². The molecule has 0 fully saturated rings. The Balaban J connectivity index is 1.93. The van der Waals surface area contributed by atoms with E-state index in [1.165, 1.54) is 0 Å². The molecule has 0 bridgehead atoms. The van der Waals surface area contributed by atoms with Gasteiger partial charge in [0.05, 0.1) is 14.2 Å². The van der Waals surface area contributed by atoms with Crippen LogP contribution in [-0.4, -0.2) is 24.7 Å². The number of ether oxygens (including phenoxy) is 2. The Morgan fingerprint density at radius 1 is 1.08 bits per heavy atom. The van der Waals surface area contributed by atoms with Crippen molar-refractivity contribution < 1.29 is 14.3 Å². The van der Waals surface area contributed by atoms with Crippen molar-refractivity contribution in [3.63, 3.8) is 0 Å². The molecule has 3 aromatic rings. The normalized spacial score (nSPS) is 10.7. The molecule has 24 heavy (non-hydrogen) atoms. The van der Waals surface area contributed by atoms with Gasteiger partial charge < -0.3 is 19.4 Å². The Kier molecular flexibility index (Phi) is 4.36. The van der Waals surface area contributed by atoms with Crippen molar-refractivity contribution in [2.24, 2.45) is 7.05 Å². The number of halogens is 1. The summed E-state index contributed by atoms with van der Waals surface area (Å²) >= 11 is 6.20. The second-order valence-corrected chi connectivity index (χ2v) is 5.69. The van der Waals surface area contributed by atoms with Crippen LogP contribution in [-0.2, 0) is 7.05 Å². The smallest absolute Gasteiger partial charge is 0.272 e. The van der Waals surface area contributed by atoms with Crippen LogP contribution in [0.25, 0.3) is 10.9 Å². The molecule has 0 saturated heterocycles. The quantitative estimate of drug-likeness (QED) is 0.775. The number of amides is 1. The second kappa shape index (κ2) is 6.45. The van der Waals surface area contributed by atoms with E-state index in [4.69, 9.17) is 21.1 Å². The highest BCUT2D eigenvalue weighted by atomic mass is 35.5. The number of fused-ring (bicyclic) bond motifs is 1. The standard InChI is InChI=1S/C18H17ClN2O3/c1-21-14-6-4-5-13(19)12(14)10-15(21)18(22)20-11-7-8-16(23-2)17(9-11)24-3/h4-10H,1-3H3,(H,20,22). The van der Waals surface area contributed by atoms with Gasteiger partial charge in [0, 0.05) is 34.7 Å². The highest BCUT2D eigenvalue weighted by Crippen LogP contribution is 2.30. The molecule has 6 heteroatoms. The predicted octanol–water partition coefficient (Wildman–Crippen LogP) is 4.10. The lowest BCUT2D eigenvalue weighted by Crippen LogP contribution is -2.15. The summed E-state index contributed by atoms with van der Waals surface area (Å²) in [5, 5.41) is 4.33. The highest BCUT2D eigenvalue weighted by molar-refractivity contribution is 6.35. The van der Waals surface area contributed by atoms with E-state index in [-0.39, 0.29) is 5.91 Å². The molecular formula is C18H17ClN2O3. The Morgan fingerprint density at radius 2 is 1.83 bits per heavy atom. The third-order valence-electron chi connectivity index (χ3n) is 3.91. The Labute approximate surface area is 144 Å². The molecule has 0 aliphatic carbocycles. The number of benzene rings is 2. The van der Waals surface area contributed by atoms with Gasteiger partial charge in [0.2, 0.25) is 0 Å². The van der Waals surface area contributed by atoms with E-state index in [2.05, 4.69) is 5.32 Å². The summed E-state index contributed by atoms with van der Waals surface area (Å²) in [7, 11) is 4.95. The number of rotatable bonds is 4. The van der Waals surface area contributed by atoms with Crippen LogP contribution in [0.2, 0.25) is 5.02 Å². The fourth-order valence-corrected chi connectivity index (χ4v) is 2.88. The fraction of sp³-hybridized carbons (Fsp3) is 0.167. The van der Waals surface area contributed by atoms with Crippen molar-refractivity contribution >= 4 is 34.1 Å². The Bertz CT molecular complexity index is 918. The van der Waals surface area contributed by atoms with Gasteiger partial charge in [0.25, 0.3) is 5.91 Å². The minimum Gasteiger partial charge on any atom is -0.493 e. The average molecular weight is 345 g/mol. The first-order chi connectivity index (χ1) is 11.5. The molecule has 0 aliphatic heterocycles. The number of anilines is 1. The molecule has 0 atom stereocenters. The third kappa shape index (κ3) is 2.78. The van der Waals surface area contributed by atoms with E-state index in [9.17, 15) is 4.79 Å². The number of nitrogens with one attached hydrogen (secondary N) is 1. The summed E-state index contributed by atoms with van der Waals surface area (Å²) in [5.41, 5.74) is 2.04. The van der Waals surface area contributed by atoms with Crippen molar-refractivity contribution in [2.75, 3.05) is 19.5 Å². The number of aromatic nitrogens is 1. The summed E-state index contributed by atoms with van der Waals surface area (Å²) in [4.78, 5) is 12.6. The molecule has 0 spiro atoms. The molecule has 5 nitrogen and oxygen atoms in total. The van der Waals surface area contributed by atoms with Crippen molar-refractivity contribution in [2.45, 2.75) is 0 Å². The van der Waals surface area contributed by atoms with Crippen LogP contribution in [0.4, 0.5) is 5.69 Å². The number of nitrogens with zero attached hydrogens (tertiary/aromatic N) is 1. The van der Waals surface area contributed by atoms with Crippen molar-refractivity contribution in [1.29, 1.82) is 0 Å². The van der Waals surface area contributed by atoms with Crippen molar-refractivity contribution in [3.05, 3.63) is 53.2 Å². The van der Waals surface area contributed by atoms with E-state index in [1.807, 2.05) is 23.7 Å². The van der Waals surface area contributed by atoms with Gasteiger partial charge in [-0.1, -0.05) is 17.7 Å². The van der Waals surface area contributed by atoms with Crippen molar-refractivity contribution in [3.8, 4) is 11.5 Å². The lowest BCUT2D eigenvalue weighted by molar-refractivity contribution is 0.101. The summed E-state index contributed by atoms with van der Waals surface area (Å²) in [5.74, 6) is 0.930. The Morgan fingerprint density at radius 3 is 2.50 bits per heavy atom. The van der Waals surface area contributed by atoms with E-state index in [0.29, 0.717) is 27.9 Å². The molecule has 3 rings (SSSR count). The summed E-state index contributed by atoms with van der Waals surface area (Å²) in [6, 6.07) is 12.6. The molecule has 1 aromatic heterocycles. The molecule has 0 saturated carbocycles. The first kappa shape index (κ1) is 16.2. The molecule has 0 unspecified atom stereocenters. The monoisotopic (exact) mass is 344 g/mol. The van der Waals surface area contributed by atoms with Crippen LogP contribution >= 0.6 is 11.6 Å². The highest BCUT2D eigenvalue weighted by Gasteiger charge is 2.15. The molecule has 0 aliphatic rings.